The van der Waals surface area contributed by atoms with Crippen molar-refractivity contribution < 1.29 is 70.8 Å². The Kier molecular flexibility index (Phi) is 18.2. The molecule has 0 bridgehead atoms. The molecule has 0 radical (unpaired) electrons. The number of nitrogens with zero attached hydrogens (tertiary/aromatic N) is 1. The van der Waals surface area contributed by atoms with Gasteiger partial charge in [0, 0.05) is 22.0 Å². The van der Waals surface area contributed by atoms with E-state index >= 15 is 0 Å². The van der Waals surface area contributed by atoms with Crippen molar-refractivity contribution in [3.63, 3.8) is 0 Å². The van der Waals surface area contributed by atoms with E-state index in [1.165, 1.54) is 0 Å². The van der Waals surface area contributed by atoms with Crippen molar-refractivity contribution in [1.82, 2.24) is 5.06 Å². The molecule has 10 nitrogen and oxygen atoms in total. The van der Waals surface area contributed by atoms with Crippen LogP contribution < -0.4 is 35.5 Å². The second-order valence-electron chi connectivity index (χ2n) is 8.97. The van der Waals surface area contributed by atoms with Gasteiger partial charge >= 0.3 is 41.5 Å². The normalized spacial score (nSPS) is 12.2. The first-order valence-corrected chi connectivity index (χ1v) is 14.8. The van der Waals surface area contributed by atoms with Crippen molar-refractivity contribution >= 4 is 81.2 Å². The summed E-state index contributed by atoms with van der Waals surface area (Å²) >= 11 is 3.45. The summed E-state index contributed by atoms with van der Waals surface area (Å²) in [6.07, 6.45) is 2.13. The van der Waals surface area contributed by atoms with Gasteiger partial charge in [0.15, 0.2) is 0 Å². The smallest absolute Gasteiger partial charge is 0.870 e. The van der Waals surface area contributed by atoms with E-state index in [0.29, 0.717) is 27.6 Å². The van der Waals surface area contributed by atoms with Crippen molar-refractivity contribution in [3.05, 3.63) is 82.9 Å². The monoisotopic (exact) mass is 686 g/mol. The number of halogens is 1. The number of amides is 2. The molecule has 4 aromatic carbocycles. The Labute approximate surface area is 299 Å². The maximum Gasteiger partial charge on any atom is 1.00 e. The molecular formula is C31H36ClN2NaO8S2. The van der Waals surface area contributed by atoms with E-state index in [4.69, 9.17) is 9.94 Å². The molecule has 5 N–H and O–H groups in total. The Morgan fingerprint density at radius 2 is 1.09 bits per heavy atom. The van der Waals surface area contributed by atoms with Crippen LogP contribution in [0.4, 0.5) is 0 Å². The number of nitrogens with two attached hydrogens (primary N) is 1. The average molecular weight is 687 g/mol. The summed E-state index contributed by atoms with van der Waals surface area (Å²) in [6.45, 7) is 4.23. The summed E-state index contributed by atoms with van der Waals surface area (Å²) in [7, 11) is 0. The largest absolute Gasteiger partial charge is 1.00 e. The molecule has 238 valence electrons. The topological polar surface area (TPSA) is 177 Å². The molecule has 4 aromatic rings. The summed E-state index contributed by atoms with van der Waals surface area (Å²) in [6, 6.07) is 18.0. The van der Waals surface area contributed by atoms with E-state index in [-0.39, 0.29) is 61.4 Å². The van der Waals surface area contributed by atoms with Gasteiger partial charge in [0.1, 0.15) is 0 Å². The van der Waals surface area contributed by atoms with E-state index in [1.807, 2.05) is 30.3 Å². The zero-order chi connectivity index (χ0) is 29.7. The molecule has 0 aromatic heterocycles. The van der Waals surface area contributed by atoms with Crippen LogP contribution in [0.5, 0.6) is 0 Å². The van der Waals surface area contributed by atoms with Crippen LogP contribution in [0, 0.1) is 0 Å². The number of hydrogen-bond donors (Lipinski definition) is 3. The fourth-order valence-corrected chi connectivity index (χ4v) is 6.47. The van der Waals surface area contributed by atoms with Crippen LogP contribution >= 0.6 is 35.9 Å². The first-order valence-electron chi connectivity index (χ1n) is 12.8. The molecule has 2 aliphatic heterocycles. The molecule has 2 aliphatic rings. The SMILES string of the molecule is C.CCCSc1ccc2c3c(cccc13)C(=O)N(O)C2=O.CCCSc1ccc2c3c(cccc13)C(=O)OC2=O.Cl.NO.[HH].[Na+].[OH-]. The molecule has 14 heteroatoms. The molecule has 0 saturated carbocycles. The van der Waals surface area contributed by atoms with E-state index in [0.717, 1.165) is 50.3 Å². The van der Waals surface area contributed by atoms with E-state index < -0.39 is 23.8 Å². The zero-order valence-electron chi connectivity index (χ0n) is 24.2. The first-order chi connectivity index (χ1) is 19.9. The maximum absolute atomic E-state index is 12.0. The molecule has 0 unspecified atom stereocenters. The van der Waals surface area contributed by atoms with Gasteiger partial charge in [0.25, 0.3) is 11.8 Å². The summed E-state index contributed by atoms with van der Waals surface area (Å²) in [4.78, 5) is 49.6. The molecular weight excluding hydrogens is 651 g/mol. The number of imide groups is 1. The van der Waals surface area contributed by atoms with Gasteiger partial charge in [0.05, 0.1) is 22.3 Å². The molecule has 0 spiro atoms. The molecule has 6 rings (SSSR count). The van der Waals surface area contributed by atoms with Gasteiger partial charge in [-0.3, -0.25) is 14.8 Å². The van der Waals surface area contributed by atoms with Gasteiger partial charge in [-0.05, 0) is 71.5 Å². The third-order valence-electron chi connectivity index (χ3n) is 6.40. The number of ether oxygens (including phenoxy) is 1. The van der Waals surface area contributed by atoms with Gasteiger partial charge in [-0.25, -0.2) is 15.5 Å². The summed E-state index contributed by atoms with van der Waals surface area (Å²) in [5, 5.41) is 19.5. The van der Waals surface area contributed by atoms with Gasteiger partial charge in [0.2, 0.25) is 0 Å². The molecule has 0 fully saturated rings. The standard InChI is InChI=1S/C15H13NO3S.C15H12O3S.CH4.ClH.H3NO.Na.H2O.H2/c1-2-8-20-12-7-6-11-13-9(12)4-3-5-10(13)14(17)16(19)15(11)18;1-2-8-19-12-7-6-11-13-9(12)4-3-5-10(13)14(16)18-15(11)17;;;1-2;;;/h3-7,19H,2,8H2,1H3;3-7H,2,8H2,1H3;1H4;1H;2H,1H2;;1H2;1H/q;;;;;+1;;/p-1. The second kappa shape index (κ2) is 19.2. The quantitative estimate of drug-likeness (QED) is 0.0497. The Morgan fingerprint density at radius 3 is 1.56 bits per heavy atom. The summed E-state index contributed by atoms with van der Waals surface area (Å²) in [5.41, 5.74) is 1.70. The first kappa shape index (κ1) is 42.5. The number of esters is 2. The minimum Gasteiger partial charge on any atom is -0.870 e. The number of rotatable bonds is 6. The van der Waals surface area contributed by atoms with Crippen molar-refractivity contribution in [2.24, 2.45) is 5.90 Å². The fourth-order valence-electron chi connectivity index (χ4n) is 4.65. The second-order valence-corrected chi connectivity index (χ2v) is 11.2. The maximum atomic E-state index is 12.0. The molecule has 2 heterocycles. The van der Waals surface area contributed by atoms with Gasteiger partial charge in [-0.1, -0.05) is 45.5 Å². The number of benzene rings is 4. The zero-order valence-corrected chi connectivity index (χ0v) is 28.7. The fraction of sp³-hybridized carbons (Fsp3) is 0.226. The van der Waals surface area contributed by atoms with Crippen molar-refractivity contribution in [2.75, 3.05) is 11.5 Å². The Morgan fingerprint density at radius 1 is 0.711 bits per heavy atom. The van der Waals surface area contributed by atoms with Gasteiger partial charge in [-0.15, -0.1) is 41.0 Å². The average Bonchev–Trinajstić information content (AvgIpc) is 3.00. The minimum atomic E-state index is -0.661. The van der Waals surface area contributed by atoms with E-state index in [1.54, 1.807) is 53.9 Å². The van der Waals surface area contributed by atoms with E-state index in [2.05, 4.69) is 19.7 Å². The summed E-state index contributed by atoms with van der Waals surface area (Å²) < 4.78 is 4.74. The number of hydroxylamine groups is 2. The third-order valence-corrected chi connectivity index (χ3v) is 8.95. The Balaban J connectivity index is 0. The Hall–Kier alpha value is -2.49. The van der Waals surface area contributed by atoms with Crippen LogP contribution in [0.25, 0.3) is 21.5 Å². The van der Waals surface area contributed by atoms with Gasteiger partial charge < -0.3 is 15.4 Å². The van der Waals surface area contributed by atoms with Crippen LogP contribution in [0.15, 0.2) is 70.5 Å². The van der Waals surface area contributed by atoms with E-state index in [9.17, 15) is 24.4 Å². The number of hydrogen-bond acceptors (Lipinski definition) is 11. The predicted molar refractivity (Wildman–Crippen MR) is 176 cm³/mol. The van der Waals surface area contributed by atoms with Crippen molar-refractivity contribution in [2.45, 2.75) is 43.9 Å². The van der Waals surface area contributed by atoms with Crippen LogP contribution in [0.3, 0.4) is 0 Å². The van der Waals surface area contributed by atoms with Crippen LogP contribution in [0.1, 0.15) is 77.0 Å². The van der Waals surface area contributed by atoms with Crippen molar-refractivity contribution in [3.8, 4) is 0 Å². The molecule has 0 aliphatic carbocycles. The van der Waals surface area contributed by atoms with Crippen molar-refractivity contribution in [1.29, 1.82) is 0 Å². The van der Waals surface area contributed by atoms with Crippen LogP contribution in [-0.2, 0) is 4.74 Å². The Bertz CT molecular complexity index is 1650. The van der Waals surface area contributed by atoms with Gasteiger partial charge in [-0.2, -0.15) is 0 Å². The number of thioether (sulfide) groups is 2. The minimum absolute atomic E-state index is 0. The van der Waals surface area contributed by atoms with Crippen LogP contribution in [-0.4, -0.2) is 56.2 Å². The molecule has 2 amide bonds. The predicted octanol–water partition coefficient (Wildman–Crippen LogP) is 4.45. The number of cyclic esters (lactones) is 2. The summed E-state index contributed by atoms with van der Waals surface area (Å²) in [5.74, 6) is 3.06. The number of carbonyl (C=O) groups is 4. The molecule has 45 heavy (non-hydrogen) atoms. The third kappa shape index (κ3) is 8.46. The number of carbonyl (C=O) groups excluding carboxylic acids is 4. The molecule has 0 atom stereocenters. The molecule has 0 saturated heterocycles. The van der Waals surface area contributed by atoms with Crippen LogP contribution in [0.2, 0.25) is 0 Å².